The maximum absolute atomic E-state index is 12.6. The monoisotopic (exact) mass is 412 g/mol. The molecule has 2 aliphatic rings. The number of carboxylic acid groups (broad SMARTS) is 3. The molecule has 0 radical (unpaired) electrons. The Morgan fingerprint density at radius 3 is 1.37 bits per heavy atom. The Morgan fingerprint density at radius 1 is 0.733 bits per heavy atom. The highest BCUT2D eigenvalue weighted by atomic mass is 16.5. The number of esters is 1. The van der Waals surface area contributed by atoms with Crippen molar-refractivity contribution in [3.63, 3.8) is 0 Å². The molecule has 2 aromatic carbocycles. The van der Waals surface area contributed by atoms with Crippen LogP contribution in [0.15, 0.2) is 24.3 Å². The summed E-state index contributed by atoms with van der Waals surface area (Å²) in [5.74, 6) is -4.81. The van der Waals surface area contributed by atoms with Crippen LogP contribution >= 0.6 is 0 Å². The standard InChI is InChI=1S/C22H20O8/c1-2-30-20(29)22(19(27)28)9-13-5-3-11-7-21(17(23)24,18(25)26)8-12-4-6-14(10-22)16(13)15(11)12/h3-6H,2,7-10H2,1H3,(H,23,24)(H,25,26)(H,27,28). The molecule has 0 aromatic heterocycles. The smallest absolute Gasteiger partial charge is 0.324 e. The first-order chi connectivity index (χ1) is 14.2. The van der Waals surface area contributed by atoms with E-state index >= 15 is 0 Å². The largest absolute Gasteiger partial charge is 0.480 e. The molecule has 30 heavy (non-hydrogen) atoms. The molecule has 0 saturated heterocycles. The van der Waals surface area contributed by atoms with Crippen LogP contribution in [0, 0.1) is 10.8 Å². The fourth-order valence-corrected chi connectivity index (χ4v) is 4.85. The molecule has 0 unspecified atom stereocenters. The lowest BCUT2D eigenvalue weighted by atomic mass is 9.65. The Hall–Kier alpha value is -3.42. The maximum Gasteiger partial charge on any atom is 0.324 e. The van der Waals surface area contributed by atoms with Crippen molar-refractivity contribution in [2.24, 2.45) is 10.8 Å². The second kappa shape index (κ2) is 6.55. The van der Waals surface area contributed by atoms with Gasteiger partial charge in [0.05, 0.1) is 6.61 Å². The molecule has 3 N–H and O–H groups in total. The Bertz CT molecular complexity index is 1060. The third-order valence-electron chi connectivity index (χ3n) is 6.37. The molecular formula is C22H20O8. The SMILES string of the molecule is CCOC(=O)C1(C(=O)O)Cc2ccc3c4c(ccc(c24)C1)CC(C(=O)O)(C(=O)O)C3. The molecule has 0 saturated carbocycles. The van der Waals surface area contributed by atoms with E-state index in [1.165, 1.54) is 0 Å². The van der Waals surface area contributed by atoms with Gasteiger partial charge in [-0.3, -0.25) is 19.2 Å². The normalized spacial score (nSPS) is 17.9. The highest BCUT2D eigenvalue weighted by molar-refractivity contribution is 6.06. The third-order valence-corrected chi connectivity index (χ3v) is 6.37. The van der Waals surface area contributed by atoms with Gasteiger partial charge in [0.15, 0.2) is 10.8 Å². The van der Waals surface area contributed by atoms with Gasteiger partial charge in [-0.15, -0.1) is 0 Å². The van der Waals surface area contributed by atoms with E-state index in [9.17, 15) is 34.5 Å². The topological polar surface area (TPSA) is 138 Å². The quantitative estimate of drug-likeness (QED) is 0.499. The second-order valence-corrected chi connectivity index (χ2v) is 8.02. The van der Waals surface area contributed by atoms with E-state index in [-0.39, 0.29) is 32.3 Å². The van der Waals surface area contributed by atoms with E-state index in [0.29, 0.717) is 22.3 Å². The van der Waals surface area contributed by atoms with Crippen LogP contribution in [0.5, 0.6) is 0 Å². The number of aliphatic carboxylic acids is 3. The summed E-state index contributed by atoms with van der Waals surface area (Å²) in [6, 6.07) is 6.63. The highest BCUT2D eigenvalue weighted by Gasteiger charge is 2.53. The van der Waals surface area contributed by atoms with Gasteiger partial charge < -0.3 is 20.1 Å². The Morgan fingerprint density at radius 2 is 1.07 bits per heavy atom. The molecule has 0 aliphatic heterocycles. The van der Waals surface area contributed by atoms with E-state index in [1.807, 2.05) is 0 Å². The lowest BCUT2D eigenvalue weighted by Gasteiger charge is -2.36. The summed E-state index contributed by atoms with van der Waals surface area (Å²) >= 11 is 0. The lowest BCUT2D eigenvalue weighted by Crippen LogP contribution is -2.47. The summed E-state index contributed by atoms with van der Waals surface area (Å²) in [7, 11) is 0. The summed E-state index contributed by atoms with van der Waals surface area (Å²) in [5, 5.41) is 30.8. The van der Waals surface area contributed by atoms with Crippen LogP contribution in [0.1, 0.15) is 29.2 Å². The minimum Gasteiger partial charge on any atom is -0.480 e. The van der Waals surface area contributed by atoms with Gasteiger partial charge >= 0.3 is 23.9 Å². The van der Waals surface area contributed by atoms with Crippen molar-refractivity contribution >= 4 is 34.6 Å². The average Bonchev–Trinajstić information content (AvgIpc) is 2.70. The summed E-state index contributed by atoms with van der Waals surface area (Å²) in [4.78, 5) is 48.4. The molecule has 156 valence electrons. The molecule has 2 aliphatic carbocycles. The Labute approximate surface area is 171 Å². The van der Waals surface area contributed by atoms with E-state index in [4.69, 9.17) is 4.74 Å². The van der Waals surface area contributed by atoms with E-state index in [2.05, 4.69) is 0 Å². The van der Waals surface area contributed by atoms with Crippen LogP contribution in [0.25, 0.3) is 10.8 Å². The van der Waals surface area contributed by atoms with Crippen molar-refractivity contribution in [1.29, 1.82) is 0 Å². The number of rotatable bonds is 5. The summed E-state index contributed by atoms with van der Waals surface area (Å²) in [5.41, 5.74) is -1.16. The van der Waals surface area contributed by atoms with Gasteiger partial charge in [0.25, 0.3) is 0 Å². The summed E-state index contributed by atoms with van der Waals surface area (Å²) in [6.45, 7) is 1.69. The number of ether oxygens (including phenoxy) is 1. The van der Waals surface area contributed by atoms with Gasteiger partial charge in [-0.05, 0) is 39.9 Å². The molecular weight excluding hydrogens is 392 g/mol. The zero-order chi connectivity index (χ0) is 21.8. The van der Waals surface area contributed by atoms with Gasteiger partial charge in [0, 0.05) is 25.7 Å². The van der Waals surface area contributed by atoms with Crippen LogP contribution < -0.4 is 0 Å². The minimum absolute atomic E-state index is 0.0442. The molecule has 0 amide bonds. The zero-order valence-electron chi connectivity index (χ0n) is 16.2. The van der Waals surface area contributed by atoms with Gasteiger partial charge in [0.1, 0.15) is 0 Å². The first-order valence-corrected chi connectivity index (χ1v) is 9.59. The van der Waals surface area contributed by atoms with Crippen molar-refractivity contribution < 1.29 is 39.2 Å². The number of carboxylic acids is 3. The van der Waals surface area contributed by atoms with Crippen molar-refractivity contribution in [3.05, 3.63) is 46.5 Å². The van der Waals surface area contributed by atoms with E-state index < -0.39 is 34.7 Å². The number of hydrogen-bond donors (Lipinski definition) is 3. The summed E-state index contributed by atoms with van der Waals surface area (Å²) in [6.07, 6.45) is -0.408. The van der Waals surface area contributed by atoms with Crippen LogP contribution in [0.3, 0.4) is 0 Å². The molecule has 0 spiro atoms. The van der Waals surface area contributed by atoms with Crippen LogP contribution in [-0.2, 0) is 49.6 Å². The third kappa shape index (κ3) is 2.52. The first kappa shape index (κ1) is 19.9. The molecule has 4 rings (SSSR count). The summed E-state index contributed by atoms with van der Waals surface area (Å²) < 4.78 is 5.07. The van der Waals surface area contributed by atoms with Gasteiger partial charge in [-0.1, -0.05) is 24.3 Å². The van der Waals surface area contributed by atoms with Gasteiger partial charge in [-0.25, -0.2) is 0 Å². The zero-order valence-corrected chi connectivity index (χ0v) is 16.2. The molecule has 2 aromatic rings. The molecule has 0 heterocycles. The Kier molecular flexibility index (Phi) is 4.34. The highest BCUT2D eigenvalue weighted by Crippen LogP contribution is 2.46. The predicted molar refractivity (Wildman–Crippen MR) is 103 cm³/mol. The number of carbonyl (C=O) groups is 4. The molecule has 0 bridgehead atoms. The van der Waals surface area contributed by atoms with Crippen LogP contribution in [-0.4, -0.2) is 45.8 Å². The Balaban J connectivity index is 1.89. The molecule has 8 heteroatoms. The lowest BCUT2D eigenvalue weighted by molar-refractivity contribution is -0.169. The molecule has 8 nitrogen and oxygen atoms in total. The number of carbonyl (C=O) groups excluding carboxylic acids is 1. The van der Waals surface area contributed by atoms with Crippen LogP contribution in [0.2, 0.25) is 0 Å². The number of hydrogen-bond acceptors (Lipinski definition) is 5. The van der Waals surface area contributed by atoms with Crippen molar-refractivity contribution in [2.45, 2.75) is 32.6 Å². The van der Waals surface area contributed by atoms with Gasteiger partial charge in [-0.2, -0.15) is 0 Å². The molecule has 0 atom stereocenters. The minimum atomic E-state index is -1.94. The van der Waals surface area contributed by atoms with Crippen molar-refractivity contribution in [2.75, 3.05) is 6.61 Å². The fraction of sp³-hybridized carbons (Fsp3) is 0.364. The number of benzene rings is 2. The van der Waals surface area contributed by atoms with E-state index in [0.717, 1.165) is 10.8 Å². The van der Waals surface area contributed by atoms with Gasteiger partial charge in [0.2, 0.25) is 0 Å². The first-order valence-electron chi connectivity index (χ1n) is 9.59. The van der Waals surface area contributed by atoms with Crippen LogP contribution in [0.4, 0.5) is 0 Å². The second-order valence-electron chi connectivity index (χ2n) is 8.02. The maximum atomic E-state index is 12.6. The predicted octanol–water partition coefficient (Wildman–Crippen LogP) is 1.83. The van der Waals surface area contributed by atoms with E-state index in [1.54, 1.807) is 31.2 Å². The van der Waals surface area contributed by atoms with Crippen molar-refractivity contribution in [3.8, 4) is 0 Å². The van der Waals surface area contributed by atoms with Crippen molar-refractivity contribution in [1.82, 2.24) is 0 Å². The average molecular weight is 412 g/mol. The fourth-order valence-electron chi connectivity index (χ4n) is 4.85. The molecule has 0 fully saturated rings.